The zero-order chi connectivity index (χ0) is 13.5. The first-order valence-corrected chi connectivity index (χ1v) is 5.49. The molecule has 0 bridgehead atoms. The monoisotopic (exact) mass is 246 g/mol. The van der Waals surface area contributed by atoms with Gasteiger partial charge in [-0.3, -0.25) is 14.2 Å². The van der Waals surface area contributed by atoms with Crippen molar-refractivity contribution in [3.63, 3.8) is 0 Å². The van der Waals surface area contributed by atoms with E-state index in [-0.39, 0.29) is 22.4 Å². The number of primary amides is 1. The van der Waals surface area contributed by atoms with Crippen molar-refractivity contribution >= 4 is 16.9 Å². The van der Waals surface area contributed by atoms with Crippen LogP contribution in [0.25, 0.3) is 11.0 Å². The molecule has 94 valence electrons. The van der Waals surface area contributed by atoms with E-state index >= 15 is 0 Å². The molecule has 2 N–H and O–H groups in total. The van der Waals surface area contributed by atoms with E-state index in [0.717, 1.165) is 0 Å². The Balaban J connectivity index is 2.75. The normalized spacial score (nSPS) is 11.7. The lowest BCUT2D eigenvalue weighted by atomic mass is 10.1. The van der Waals surface area contributed by atoms with Crippen LogP contribution in [0.1, 0.15) is 31.3 Å². The Morgan fingerprint density at radius 3 is 2.56 bits per heavy atom. The maximum absolute atomic E-state index is 12.2. The molecule has 0 fully saturated rings. The average molecular weight is 246 g/mol. The Morgan fingerprint density at radius 1 is 1.33 bits per heavy atom. The highest BCUT2D eigenvalue weighted by molar-refractivity contribution is 5.92. The largest absolute Gasteiger partial charge is 0.364 e. The molecule has 0 atom stereocenters. The summed E-state index contributed by atoms with van der Waals surface area (Å²) in [5.74, 6) is -0.640. The Kier molecular flexibility index (Phi) is 2.65. The fraction of sp³-hybridized carbons (Fsp3) is 0.333. The van der Waals surface area contributed by atoms with Gasteiger partial charge in [0.25, 0.3) is 11.5 Å². The number of carbonyl (C=O) groups is 1. The molecule has 0 aliphatic rings. The molecule has 2 aromatic rings. The second kappa shape index (κ2) is 3.90. The van der Waals surface area contributed by atoms with Crippen LogP contribution in [0.2, 0.25) is 0 Å². The summed E-state index contributed by atoms with van der Waals surface area (Å²) in [6.07, 6.45) is 1.43. The van der Waals surface area contributed by atoms with Crippen molar-refractivity contribution in [3.8, 4) is 0 Å². The summed E-state index contributed by atoms with van der Waals surface area (Å²) in [6.45, 7) is 5.73. The number of hydrogen-bond donors (Lipinski definition) is 1. The molecular formula is C12H14N4O2. The van der Waals surface area contributed by atoms with Crippen molar-refractivity contribution in [1.29, 1.82) is 0 Å². The van der Waals surface area contributed by atoms with E-state index in [2.05, 4.69) is 9.97 Å². The second-order valence-corrected chi connectivity index (χ2v) is 5.02. The number of fused-ring (bicyclic) bond motifs is 1. The molecule has 0 aliphatic carbocycles. The number of aromatic nitrogens is 3. The third kappa shape index (κ3) is 1.97. The van der Waals surface area contributed by atoms with Gasteiger partial charge in [0.15, 0.2) is 5.65 Å². The maximum Gasteiger partial charge on any atom is 0.267 e. The average Bonchev–Trinajstić information content (AvgIpc) is 2.27. The molecule has 0 radical (unpaired) electrons. The van der Waals surface area contributed by atoms with E-state index in [9.17, 15) is 9.59 Å². The first kappa shape index (κ1) is 12.2. The predicted octanol–water partition coefficient (Wildman–Crippen LogP) is 0.645. The van der Waals surface area contributed by atoms with Gasteiger partial charge in [0.05, 0.1) is 5.39 Å². The Hall–Kier alpha value is -2.24. The smallest absolute Gasteiger partial charge is 0.267 e. The molecule has 6 nitrogen and oxygen atoms in total. The third-order valence-electron chi connectivity index (χ3n) is 2.59. The van der Waals surface area contributed by atoms with E-state index in [1.807, 2.05) is 20.8 Å². The number of rotatable bonds is 1. The van der Waals surface area contributed by atoms with Gasteiger partial charge in [0.2, 0.25) is 0 Å². The van der Waals surface area contributed by atoms with Crippen LogP contribution in [0.4, 0.5) is 0 Å². The Bertz CT molecular complexity index is 683. The van der Waals surface area contributed by atoms with Crippen LogP contribution in [0.5, 0.6) is 0 Å². The summed E-state index contributed by atoms with van der Waals surface area (Å²) in [4.78, 5) is 31.3. The molecule has 0 aromatic carbocycles. The van der Waals surface area contributed by atoms with E-state index in [0.29, 0.717) is 5.39 Å². The van der Waals surface area contributed by atoms with Crippen LogP contribution in [0.15, 0.2) is 23.3 Å². The number of nitrogens with two attached hydrogens (primary N) is 1. The summed E-state index contributed by atoms with van der Waals surface area (Å²) < 4.78 is 1.53. The van der Waals surface area contributed by atoms with E-state index in [4.69, 9.17) is 5.73 Å². The van der Waals surface area contributed by atoms with Gasteiger partial charge in [0.1, 0.15) is 12.0 Å². The summed E-state index contributed by atoms with van der Waals surface area (Å²) in [5.41, 5.74) is 4.92. The lowest BCUT2D eigenvalue weighted by Crippen LogP contribution is -2.34. The summed E-state index contributed by atoms with van der Waals surface area (Å²) in [6, 6.07) is 2.96. The number of carbonyl (C=O) groups excluding carboxylic acids is 1. The fourth-order valence-corrected chi connectivity index (χ4v) is 1.62. The molecule has 0 aliphatic heterocycles. The van der Waals surface area contributed by atoms with Crippen molar-refractivity contribution in [2.24, 2.45) is 5.73 Å². The van der Waals surface area contributed by atoms with Gasteiger partial charge in [-0.2, -0.15) is 0 Å². The van der Waals surface area contributed by atoms with Crippen LogP contribution >= 0.6 is 0 Å². The Morgan fingerprint density at radius 2 is 2.00 bits per heavy atom. The molecule has 2 rings (SSSR count). The molecule has 1 amide bonds. The first-order chi connectivity index (χ1) is 8.30. The summed E-state index contributed by atoms with van der Waals surface area (Å²) in [7, 11) is 0. The topological polar surface area (TPSA) is 90.9 Å². The summed E-state index contributed by atoms with van der Waals surface area (Å²) in [5, 5.41) is 0.373. The van der Waals surface area contributed by atoms with Gasteiger partial charge in [-0.1, -0.05) is 0 Å². The van der Waals surface area contributed by atoms with Crippen molar-refractivity contribution in [1.82, 2.24) is 14.5 Å². The third-order valence-corrected chi connectivity index (χ3v) is 2.59. The quantitative estimate of drug-likeness (QED) is 0.799. The molecule has 0 saturated carbocycles. The molecule has 2 heterocycles. The number of hydrogen-bond acceptors (Lipinski definition) is 4. The van der Waals surface area contributed by atoms with Crippen LogP contribution in [0.3, 0.4) is 0 Å². The summed E-state index contributed by atoms with van der Waals surface area (Å²) >= 11 is 0. The molecular weight excluding hydrogens is 232 g/mol. The second-order valence-electron chi connectivity index (χ2n) is 5.02. The van der Waals surface area contributed by atoms with Crippen molar-refractivity contribution in [3.05, 3.63) is 34.5 Å². The number of pyridine rings is 1. The first-order valence-electron chi connectivity index (χ1n) is 5.49. The number of nitrogens with zero attached hydrogens (tertiary/aromatic N) is 3. The molecule has 0 saturated heterocycles. The predicted molar refractivity (Wildman–Crippen MR) is 67.3 cm³/mol. The molecule has 2 aromatic heterocycles. The van der Waals surface area contributed by atoms with Gasteiger partial charge < -0.3 is 5.73 Å². The molecule has 6 heteroatoms. The van der Waals surface area contributed by atoms with Crippen LogP contribution in [-0.4, -0.2) is 20.4 Å². The number of amides is 1. The van der Waals surface area contributed by atoms with Crippen molar-refractivity contribution < 1.29 is 4.79 Å². The van der Waals surface area contributed by atoms with Crippen molar-refractivity contribution in [2.75, 3.05) is 0 Å². The zero-order valence-corrected chi connectivity index (χ0v) is 10.5. The SMILES string of the molecule is CC(C)(C)n1cnc2nc(C(N)=O)ccc2c1=O. The lowest BCUT2D eigenvalue weighted by molar-refractivity contribution is 0.0996. The lowest BCUT2D eigenvalue weighted by Gasteiger charge is -2.21. The van der Waals surface area contributed by atoms with E-state index in [1.54, 1.807) is 0 Å². The van der Waals surface area contributed by atoms with Gasteiger partial charge in [-0.05, 0) is 32.9 Å². The molecule has 18 heavy (non-hydrogen) atoms. The van der Waals surface area contributed by atoms with Crippen LogP contribution < -0.4 is 11.3 Å². The van der Waals surface area contributed by atoms with Gasteiger partial charge in [-0.15, -0.1) is 0 Å². The van der Waals surface area contributed by atoms with E-state index in [1.165, 1.54) is 23.0 Å². The highest BCUT2D eigenvalue weighted by Crippen LogP contribution is 2.12. The standard InChI is InChI=1S/C12H14N4O2/c1-12(2,3)16-6-14-10-7(11(16)18)4-5-8(15-10)9(13)17/h4-6H,1-3H3,(H2,13,17). The van der Waals surface area contributed by atoms with Crippen LogP contribution in [-0.2, 0) is 5.54 Å². The fourth-order valence-electron chi connectivity index (χ4n) is 1.62. The van der Waals surface area contributed by atoms with Gasteiger partial charge in [0, 0.05) is 5.54 Å². The Labute approximate surface area is 103 Å². The maximum atomic E-state index is 12.2. The minimum Gasteiger partial charge on any atom is -0.364 e. The molecule has 0 spiro atoms. The highest BCUT2D eigenvalue weighted by Gasteiger charge is 2.17. The highest BCUT2D eigenvalue weighted by atomic mass is 16.1. The zero-order valence-electron chi connectivity index (χ0n) is 10.5. The van der Waals surface area contributed by atoms with E-state index < -0.39 is 5.91 Å². The molecule has 0 unspecified atom stereocenters. The van der Waals surface area contributed by atoms with Gasteiger partial charge >= 0.3 is 0 Å². The van der Waals surface area contributed by atoms with Crippen molar-refractivity contribution in [2.45, 2.75) is 26.3 Å². The minimum absolute atomic E-state index is 0.0999. The van der Waals surface area contributed by atoms with Crippen LogP contribution in [0, 0.1) is 0 Å². The van der Waals surface area contributed by atoms with Gasteiger partial charge in [-0.25, -0.2) is 9.97 Å². The minimum atomic E-state index is -0.640.